The molecule has 1 aromatic carbocycles. The molecule has 0 aliphatic carbocycles. The first-order valence-corrected chi connectivity index (χ1v) is 6.62. The van der Waals surface area contributed by atoms with E-state index < -0.39 is 0 Å². The predicted octanol–water partition coefficient (Wildman–Crippen LogP) is 2.31. The Morgan fingerprint density at radius 2 is 2.10 bits per heavy atom. The van der Waals surface area contributed by atoms with Crippen molar-refractivity contribution in [3.8, 4) is 5.75 Å². The van der Waals surface area contributed by atoms with E-state index in [1.165, 1.54) is 0 Å². The quantitative estimate of drug-likeness (QED) is 0.909. The van der Waals surface area contributed by atoms with Gasteiger partial charge in [0, 0.05) is 24.4 Å². The van der Waals surface area contributed by atoms with E-state index in [1.807, 2.05) is 27.1 Å². The number of amides is 1. The first-order valence-electron chi connectivity index (χ1n) is 6.62. The van der Waals surface area contributed by atoms with Gasteiger partial charge in [-0.05, 0) is 38.1 Å². The highest BCUT2D eigenvalue weighted by Gasteiger charge is 2.12. The molecule has 0 saturated heterocycles. The maximum absolute atomic E-state index is 12.1. The number of rotatable bonds is 5. The minimum Gasteiger partial charge on any atom is -0.494 e. The lowest BCUT2D eigenvalue weighted by atomic mass is 10.1. The fourth-order valence-electron chi connectivity index (χ4n) is 1.90. The second-order valence-corrected chi connectivity index (χ2v) is 4.60. The monoisotopic (exact) mass is 273 g/mol. The Labute approximate surface area is 118 Å². The molecule has 0 aliphatic rings. The van der Waals surface area contributed by atoms with Gasteiger partial charge in [0.25, 0.3) is 5.91 Å². The van der Waals surface area contributed by atoms with Crippen molar-refractivity contribution in [2.24, 2.45) is 7.05 Å². The lowest BCUT2D eigenvalue weighted by Crippen LogP contribution is -2.26. The van der Waals surface area contributed by atoms with Crippen LogP contribution in [0.5, 0.6) is 5.75 Å². The predicted molar refractivity (Wildman–Crippen MR) is 76.7 cm³/mol. The number of aromatic nitrogens is 2. The smallest absolute Gasteiger partial charge is 0.251 e. The molecule has 1 heterocycles. The summed E-state index contributed by atoms with van der Waals surface area (Å²) in [6.45, 7) is 4.48. The normalized spacial score (nSPS) is 11.9. The molecule has 1 N–H and O–H groups in total. The molecule has 1 aromatic heterocycles. The van der Waals surface area contributed by atoms with Crippen molar-refractivity contribution in [2.75, 3.05) is 6.61 Å². The molecule has 0 unspecified atom stereocenters. The lowest BCUT2D eigenvalue weighted by Gasteiger charge is -2.12. The van der Waals surface area contributed by atoms with Gasteiger partial charge in [0.2, 0.25) is 0 Å². The van der Waals surface area contributed by atoms with E-state index in [1.54, 1.807) is 35.1 Å². The molecule has 2 aromatic rings. The van der Waals surface area contributed by atoms with Crippen LogP contribution < -0.4 is 10.1 Å². The third-order valence-corrected chi connectivity index (χ3v) is 3.00. The van der Waals surface area contributed by atoms with Gasteiger partial charge in [-0.25, -0.2) is 0 Å². The highest BCUT2D eigenvalue weighted by Crippen LogP contribution is 2.14. The zero-order valence-electron chi connectivity index (χ0n) is 12.0. The highest BCUT2D eigenvalue weighted by atomic mass is 16.5. The second-order valence-electron chi connectivity index (χ2n) is 4.60. The van der Waals surface area contributed by atoms with E-state index >= 15 is 0 Å². The number of carbonyl (C=O) groups excluding carboxylic acids is 1. The van der Waals surface area contributed by atoms with Gasteiger partial charge < -0.3 is 10.1 Å². The Bertz CT molecular complexity index is 575. The number of hydrogen-bond donors (Lipinski definition) is 1. The van der Waals surface area contributed by atoms with Gasteiger partial charge in [-0.1, -0.05) is 0 Å². The summed E-state index contributed by atoms with van der Waals surface area (Å²) in [5, 5.41) is 7.04. The number of aryl methyl sites for hydroxylation is 1. The van der Waals surface area contributed by atoms with E-state index in [-0.39, 0.29) is 11.9 Å². The fourth-order valence-corrected chi connectivity index (χ4v) is 1.90. The van der Waals surface area contributed by atoms with Crippen LogP contribution in [0.3, 0.4) is 0 Å². The average molecular weight is 273 g/mol. The van der Waals surface area contributed by atoms with Crippen LogP contribution in [0.15, 0.2) is 36.7 Å². The summed E-state index contributed by atoms with van der Waals surface area (Å²) < 4.78 is 7.07. The molecule has 106 valence electrons. The summed E-state index contributed by atoms with van der Waals surface area (Å²) in [6.07, 6.45) is 3.65. The Morgan fingerprint density at radius 1 is 1.40 bits per heavy atom. The van der Waals surface area contributed by atoms with E-state index in [0.717, 1.165) is 11.3 Å². The first-order chi connectivity index (χ1) is 9.60. The summed E-state index contributed by atoms with van der Waals surface area (Å²) >= 11 is 0. The number of ether oxygens (including phenoxy) is 1. The highest BCUT2D eigenvalue weighted by molar-refractivity contribution is 5.94. The van der Waals surface area contributed by atoms with Gasteiger partial charge in [-0.2, -0.15) is 5.10 Å². The van der Waals surface area contributed by atoms with E-state index in [9.17, 15) is 4.79 Å². The summed E-state index contributed by atoms with van der Waals surface area (Å²) in [6, 6.07) is 7.04. The molecule has 5 nitrogen and oxygen atoms in total. The zero-order chi connectivity index (χ0) is 14.5. The standard InChI is InChI=1S/C15H19N3O2/c1-4-20-14-7-5-12(6-8-14)15(19)17-11(2)13-9-16-18(3)10-13/h5-11H,4H2,1-3H3,(H,17,19)/t11-/m1/s1. The SMILES string of the molecule is CCOc1ccc(C(=O)N[C@H](C)c2cnn(C)c2)cc1. The summed E-state index contributed by atoms with van der Waals surface area (Å²) in [4.78, 5) is 12.1. The van der Waals surface area contributed by atoms with Crippen LogP contribution in [0.4, 0.5) is 0 Å². The van der Waals surface area contributed by atoms with E-state index in [2.05, 4.69) is 10.4 Å². The first kappa shape index (κ1) is 14.1. The van der Waals surface area contributed by atoms with E-state index in [0.29, 0.717) is 12.2 Å². The lowest BCUT2D eigenvalue weighted by molar-refractivity contribution is 0.0940. The van der Waals surface area contributed by atoms with Crippen molar-refractivity contribution in [3.63, 3.8) is 0 Å². The van der Waals surface area contributed by atoms with Crippen molar-refractivity contribution in [2.45, 2.75) is 19.9 Å². The van der Waals surface area contributed by atoms with Crippen molar-refractivity contribution < 1.29 is 9.53 Å². The van der Waals surface area contributed by atoms with E-state index in [4.69, 9.17) is 4.74 Å². The summed E-state index contributed by atoms with van der Waals surface area (Å²) in [7, 11) is 1.85. The van der Waals surface area contributed by atoms with Crippen LogP contribution in [-0.4, -0.2) is 22.3 Å². The average Bonchev–Trinajstić information content (AvgIpc) is 2.86. The summed E-state index contributed by atoms with van der Waals surface area (Å²) in [5.41, 5.74) is 1.59. The van der Waals surface area contributed by atoms with Crippen LogP contribution in [0.25, 0.3) is 0 Å². The number of nitrogens with zero attached hydrogens (tertiary/aromatic N) is 2. The van der Waals surface area contributed by atoms with Crippen LogP contribution in [0, 0.1) is 0 Å². The van der Waals surface area contributed by atoms with Crippen LogP contribution in [0.1, 0.15) is 35.8 Å². The Morgan fingerprint density at radius 3 is 2.65 bits per heavy atom. The molecule has 5 heteroatoms. The molecule has 0 saturated carbocycles. The van der Waals surface area contributed by atoms with Crippen molar-refractivity contribution in [3.05, 3.63) is 47.8 Å². The topological polar surface area (TPSA) is 56.1 Å². The molecular formula is C15H19N3O2. The third kappa shape index (κ3) is 3.38. The van der Waals surface area contributed by atoms with Gasteiger partial charge in [0.05, 0.1) is 18.8 Å². The number of carbonyl (C=O) groups is 1. The largest absolute Gasteiger partial charge is 0.494 e. The molecule has 0 fully saturated rings. The van der Waals surface area contributed by atoms with Gasteiger partial charge in [-0.15, -0.1) is 0 Å². The molecule has 0 radical (unpaired) electrons. The number of benzene rings is 1. The molecule has 1 amide bonds. The molecule has 0 aliphatic heterocycles. The number of nitrogens with one attached hydrogen (secondary N) is 1. The Hall–Kier alpha value is -2.30. The molecule has 0 bridgehead atoms. The minimum absolute atomic E-state index is 0.0808. The number of hydrogen-bond acceptors (Lipinski definition) is 3. The van der Waals surface area contributed by atoms with Crippen molar-refractivity contribution in [1.29, 1.82) is 0 Å². The molecule has 1 atom stereocenters. The second kappa shape index (κ2) is 6.23. The van der Waals surface area contributed by atoms with Crippen LogP contribution in [0.2, 0.25) is 0 Å². The van der Waals surface area contributed by atoms with Gasteiger partial charge in [0.15, 0.2) is 0 Å². The van der Waals surface area contributed by atoms with Crippen molar-refractivity contribution >= 4 is 5.91 Å². The Balaban J connectivity index is 2.00. The maximum atomic E-state index is 12.1. The minimum atomic E-state index is -0.107. The van der Waals surface area contributed by atoms with Gasteiger partial charge >= 0.3 is 0 Å². The molecule has 0 spiro atoms. The van der Waals surface area contributed by atoms with Crippen LogP contribution >= 0.6 is 0 Å². The summed E-state index contributed by atoms with van der Waals surface area (Å²) in [5.74, 6) is 0.661. The fraction of sp³-hybridized carbons (Fsp3) is 0.333. The molecule has 2 rings (SSSR count). The van der Waals surface area contributed by atoms with Gasteiger partial charge in [-0.3, -0.25) is 9.48 Å². The molecule has 20 heavy (non-hydrogen) atoms. The molecular weight excluding hydrogens is 254 g/mol. The zero-order valence-corrected chi connectivity index (χ0v) is 12.0. The third-order valence-electron chi connectivity index (χ3n) is 3.00. The maximum Gasteiger partial charge on any atom is 0.251 e. The van der Waals surface area contributed by atoms with Gasteiger partial charge in [0.1, 0.15) is 5.75 Å². The Kier molecular flexibility index (Phi) is 4.40. The van der Waals surface area contributed by atoms with Crippen LogP contribution in [-0.2, 0) is 7.05 Å². The van der Waals surface area contributed by atoms with Crippen molar-refractivity contribution in [1.82, 2.24) is 15.1 Å².